The lowest BCUT2D eigenvalue weighted by Crippen LogP contribution is -2.30. The summed E-state index contributed by atoms with van der Waals surface area (Å²) in [5.74, 6) is -0.00110. The van der Waals surface area contributed by atoms with Gasteiger partial charge in [0.2, 0.25) is 0 Å². The molecule has 1 saturated carbocycles. The van der Waals surface area contributed by atoms with E-state index in [-0.39, 0.29) is 10.0 Å². The SMILES string of the molecule is O=C(NCC1CCCCC1)c1ccc(Br)c(C(F)(F)F)c1. The van der Waals surface area contributed by atoms with Crippen LogP contribution in [0.15, 0.2) is 22.7 Å². The van der Waals surface area contributed by atoms with Gasteiger partial charge in [-0.05, 0) is 37.0 Å². The van der Waals surface area contributed by atoms with E-state index >= 15 is 0 Å². The van der Waals surface area contributed by atoms with Crippen LogP contribution in [0.4, 0.5) is 13.2 Å². The van der Waals surface area contributed by atoms with E-state index in [1.54, 1.807) is 0 Å². The zero-order valence-electron chi connectivity index (χ0n) is 11.5. The number of carbonyl (C=O) groups is 1. The lowest BCUT2D eigenvalue weighted by Gasteiger charge is -2.21. The third kappa shape index (κ3) is 4.46. The monoisotopic (exact) mass is 363 g/mol. The van der Waals surface area contributed by atoms with E-state index in [4.69, 9.17) is 0 Å². The number of amides is 1. The Kier molecular flexibility index (Phi) is 5.30. The Morgan fingerprint density at radius 1 is 1.24 bits per heavy atom. The minimum Gasteiger partial charge on any atom is -0.352 e. The van der Waals surface area contributed by atoms with Gasteiger partial charge in [0.05, 0.1) is 5.56 Å². The van der Waals surface area contributed by atoms with E-state index in [1.165, 1.54) is 18.6 Å². The maximum atomic E-state index is 12.8. The Morgan fingerprint density at radius 3 is 2.52 bits per heavy atom. The molecule has 0 aliphatic heterocycles. The van der Waals surface area contributed by atoms with Gasteiger partial charge < -0.3 is 5.32 Å². The van der Waals surface area contributed by atoms with Gasteiger partial charge in [0, 0.05) is 16.6 Å². The Morgan fingerprint density at radius 2 is 1.90 bits per heavy atom. The summed E-state index contributed by atoms with van der Waals surface area (Å²) in [6.07, 6.45) is 1.24. The highest BCUT2D eigenvalue weighted by Crippen LogP contribution is 2.35. The molecule has 1 amide bonds. The molecule has 1 aromatic carbocycles. The summed E-state index contributed by atoms with van der Waals surface area (Å²) in [5.41, 5.74) is -0.783. The van der Waals surface area contributed by atoms with Gasteiger partial charge in [0.15, 0.2) is 0 Å². The van der Waals surface area contributed by atoms with Crippen LogP contribution in [0.2, 0.25) is 0 Å². The van der Waals surface area contributed by atoms with E-state index in [1.807, 2.05) is 0 Å². The normalized spacial score (nSPS) is 16.8. The van der Waals surface area contributed by atoms with Crippen LogP contribution in [0.5, 0.6) is 0 Å². The van der Waals surface area contributed by atoms with Gasteiger partial charge in [-0.3, -0.25) is 4.79 Å². The number of rotatable bonds is 3. The van der Waals surface area contributed by atoms with Crippen LogP contribution in [-0.4, -0.2) is 12.5 Å². The first kappa shape index (κ1) is 16.3. The summed E-state index contributed by atoms with van der Waals surface area (Å²) in [6.45, 7) is 0.538. The molecular weight excluding hydrogens is 347 g/mol. The molecule has 21 heavy (non-hydrogen) atoms. The maximum Gasteiger partial charge on any atom is 0.417 e. The largest absolute Gasteiger partial charge is 0.417 e. The zero-order chi connectivity index (χ0) is 15.5. The van der Waals surface area contributed by atoms with Crippen LogP contribution in [0.3, 0.4) is 0 Å². The fraction of sp³-hybridized carbons (Fsp3) is 0.533. The van der Waals surface area contributed by atoms with Crippen LogP contribution in [0, 0.1) is 5.92 Å². The Labute approximate surface area is 130 Å². The van der Waals surface area contributed by atoms with Gasteiger partial charge in [-0.2, -0.15) is 13.2 Å². The number of hydrogen-bond acceptors (Lipinski definition) is 1. The molecule has 1 fully saturated rings. The van der Waals surface area contributed by atoms with Crippen molar-refractivity contribution in [3.8, 4) is 0 Å². The molecule has 0 heterocycles. The number of benzene rings is 1. The highest BCUT2D eigenvalue weighted by molar-refractivity contribution is 9.10. The van der Waals surface area contributed by atoms with Crippen molar-refractivity contribution >= 4 is 21.8 Å². The fourth-order valence-corrected chi connectivity index (χ4v) is 3.09. The topological polar surface area (TPSA) is 29.1 Å². The molecule has 2 nitrogen and oxygen atoms in total. The summed E-state index contributed by atoms with van der Waals surface area (Å²) in [7, 11) is 0. The van der Waals surface area contributed by atoms with Crippen LogP contribution >= 0.6 is 15.9 Å². The van der Waals surface area contributed by atoms with Gasteiger partial charge in [-0.25, -0.2) is 0 Å². The van der Waals surface area contributed by atoms with Gasteiger partial charge in [0.1, 0.15) is 0 Å². The molecule has 1 aromatic rings. The molecule has 0 radical (unpaired) electrons. The highest BCUT2D eigenvalue weighted by atomic mass is 79.9. The quantitative estimate of drug-likeness (QED) is 0.822. The van der Waals surface area contributed by atoms with E-state index in [0.29, 0.717) is 12.5 Å². The maximum absolute atomic E-state index is 12.8. The van der Waals surface area contributed by atoms with E-state index in [9.17, 15) is 18.0 Å². The van der Waals surface area contributed by atoms with Crippen molar-refractivity contribution < 1.29 is 18.0 Å². The summed E-state index contributed by atoms with van der Waals surface area (Å²) >= 11 is 2.87. The lowest BCUT2D eigenvalue weighted by molar-refractivity contribution is -0.138. The lowest BCUT2D eigenvalue weighted by atomic mass is 9.89. The Bertz CT molecular complexity index is 510. The van der Waals surface area contributed by atoms with Crippen molar-refractivity contribution in [3.05, 3.63) is 33.8 Å². The van der Waals surface area contributed by atoms with Crippen molar-refractivity contribution in [1.82, 2.24) is 5.32 Å². The molecule has 0 saturated heterocycles. The molecule has 0 unspecified atom stereocenters. The molecule has 1 aliphatic rings. The Balaban J connectivity index is 2.02. The standard InChI is InChI=1S/C15H17BrF3NO/c16-13-7-6-11(8-12(13)15(17,18)19)14(21)20-9-10-4-2-1-3-5-10/h6-8,10H,1-5,9H2,(H,20,21). The smallest absolute Gasteiger partial charge is 0.352 e. The third-order valence-electron chi connectivity index (χ3n) is 3.81. The second kappa shape index (κ2) is 6.81. The summed E-state index contributed by atoms with van der Waals surface area (Å²) in [4.78, 5) is 12.0. The minimum atomic E-state index is -4.47. The Hall–Kier alpha value is -1.04. The fourth-order valence-electron chi connectivity index (χ4n) is 2.61. The first-order valence-electron chi connectivity index (χ1n) is 7.03. The average Bonchev–Trinajstić information content (AvgIpc) is 2.45. The van der Waals surface area contributed by atoms with Gasteiger partial charge in [-0.1, -0.05) is 35.2 Å². The second-order valence-electron chi connectivity index (χ2n) is 5.41. The highest BCUT2D eigenvalue weighted by Gasteiger charge is 2.33. The summed E-state index contributed by atoms with van der Waals surface area (Å²) in [6, 6.07) is 3.55. The number of alkyl halides is 3. The zero-order valence-corrected chi connectivity index (χ0v) is 13.1. The molecule has 1 N–H and O–H groups in total. The first-order valence-corrected chi connectivity index (χ1v) is 7.82. The molecule has 0 atom stereocenters. The van der Waals surface area contributed by atoms with E-state index < -0.39 is 17.6 Å². The molecule has 116 valence electrons. The van der Waals surface area contributed by atoms with E-state index in [2.05, 4.69) is 21.2 Å². The molecule has 0 bridgehead atoms. The van der Waals surface area contributed by atoms with Crippen molar-refractivity contribution in [3.63, 3.8) is 0 Å². The predicted octanol–water partition coefficient (Wildman–Crippen LogP) is 4.78. The van der Waals surface area contributed by atoms with Crippen LogP contribution in [0.1, 0.15) is 48.0 Å². The van der Waals surface area contributed by atoms with Gasteiger partial charge in [-0.15, -0.1) is 0 Å². The third-order valence-corrected chi connectivity index (χ3v) is 4.50. The number of carbonyl (C=O) groups excluding carboxylic acids is 1. The molecule has 0 spiro atoms. The number of nitrogens with one attached hydrogen (secondary N) is 1. The molecule has 1 aliphatic carbocycles. The van der Waals surface area contributed by atoms with Gasteiger partial charge in [0.25, 0.3) is 5.91 Å². The van der Waals surface area contributed by atoms with Crippen molar-refractivity contribution in [2.45, 2.75) is 38.3 Å². The van der Waals surface area contributed by atoms with Crippen molar-refractivity contribution in [2.24, 2.45) is 5.92 Å². The minimum absolute atomic E-state index is 0.0429. The van der Waals surface area contributed by atoms with Crippen molar-refractivity contribution in [1.29, 1.82) is 0 Å². The number of hydrogen-bond donors (Lipinski definition) is 1. The number of halogens is 4. The molecular formula is C15H17BrF3NO. The summed E-state index contributed by atoms with van der Waals surface area (Å²) < 4.78 is 38.4. The molecule has 0 aromatic heterocycles. The van der Waals surface area contributed by atoms with Gasteiger partial charge >= 0.3 is 6.18 Å². The van der Waals surface area contributed by atoms with E-state index in [0.717, 1.165) is 31.7 Å². The van der Waals surface area contributed by atoms with Crippen LogP contribution in [0.25, 0.3) is 0 Å². The average molecular weight is 364 g/mol. The summed E-state index contributed by atoms with van der Waals surface area (Å²) in [5, 5.41) is 2.75. The van der Waals surface area contributed by atoms with Crippen molar-refractivity contribution in [2.75, 3.05) is 6.54 Å². The predicted molar refractivity (Wildman–Crippen MR) is 78.1 cm³/mol. The second-order valence-corrected chi connectivity index (χ2v) is 6.26. The van der Waals surface area contributed by atoms with Crippen LogP contribution < -0.4 is 5.32 Å². The first-order chi connectivity index (χ1) is 9.88. The molecule has 6 heteroatoms. The molecule has 2 rings (SSSR count). The van der Waals surface area contributed by atoms with Crippen LogP contribution in [-0.2, 0) is 6.18 Å².